The van der Waals surface area contributed by atoms with E-state index >= 15 is 0 Å². The van der Waals surface area contributed by atoms with Crippen molar-refractivity contribution in [2.45, 2.75) is 24.3 Å². The zero-order valence-corrected chi connectivity index (χ0v) is 17.0. The maximum absolute atomic E-state index is 12.9. The van der Waals surface area contributed by atoms with Gasteiger partial charge < -0.3 is 14.5 Å². The van der Waals surface area contributed by atoms with E-state index in [1.165, 1.54) is 11.4 Å². The van der Waals surface area contributed by atoms with Gasteiger partial charge in [-0.05, 0) is 18.6 Å². The smallest absolute Gasteiger partial charge is 0.243 e. The molecule has 0 spiro atoms. The lowest BCUT2D eigenvalue weighted by Gasteiger charge is -2.36. The molecule has 8 nitrogen and oxygen atoms in total. The molecular formula is C19H25N5O3S. The number of aliphatic imine (C=N–C) groups is 2. The van der Waals surface area contributed by atoms with Crippen LogP contribution in [0.3, 0.4) is 0 Å². The number of sulfonamides is 1. The third kappa shape index (κ3) is 3.51. The molecule has 1 saturated heterocycles. The van der Waals surface area contributed by atoms with Crippen molar-refractivity contribution < 1.29 is 13.2 Å². The molecule has 4 rings (SSSR count). The van der Waals surface area contributed by atoms with Crippen LogP contribution < -0.4 is 4.74 Å². The van der Waals surface area contributed by atoms with Gasteiger partial charge in [0.15, 0.2) is 0 Å². The Kier molecular flexibility index (Phi) is 5.11. The summed E-state index contributed by atoms with van der Waals surface area (Å²) >= 11 is 0. The van der Waals surface area contributed by atoms with E-state index in [1.807, 2.05) is 12.4 Å². The van der Waals surface area contributed by atoms with Gasteiger partial charge in [0, 0.05) is 44.9 Å². The lowest BCUT2D eigenvalue weighted by Crippen LogP contribution is -2.48. The summed E-state index contributed by atoms with van der Waals surface area (Å²) < 4.78 is 32.6. The molecule has 3 heterocycles. The first-order valence-electron chi connectivity index (χ1n) is 9.50. The highest BCUT2D eigenvalue weighted by Crippen LogP contribution is 2.24. The summed E-state index contributed by atoms with van der Waals surface area (Å²) in [6.07, 6.45) is 4.85. The zero-order valence-electron chi connectivity index (χ0n) is 16.2. The average Bonchev–Trinajstić information content (AvgIpc) is 3.16. The van der Waals surface area contributed by atoms with E-state index in [0.717, 1.165) is 24.6 Å². The van der Waals surface area contributed by atoms with Crippen LogP contribution >= 0.6 is 0 Å². The normalized spacial score (nSPS) is 22.7. The number of nitrogens with zero attached hydrogens (tertiary/aromatic N) is 5. The molecule has 0 N–H and O–H groups in total. The molecule has 3 aliphatic rings. The van der Waals surface area contributed by atoms with Gasteiger partial charge in [0.1, 0.15) is 17.4 Å². The van der Waals surface area contributed by atoms with Crippen molar-refractivity contribution in [3.63, 3.8) is 0 Å². The van der Waals surface area contributed by atoms with Crippen molar-refractivity contribution in [1.82, 2.24) is 14.1 Å². The fourth-order valence-electron chi connectivity index (χ4n) is 3.59. The fourth-order valence-corrected chi connectivity index (χ4v) is 5.05. The quantitative estimate of drug-likeness (QED) is 0.742. The van der Waals surface area contributed by atoms with Crippen molar-refractivity contribution in [2.75, 3.05) is 39.8 Å². The second-order valence-electron chi connectivity index (χ2n) is 7.02. The molecule has 28 heavy (non-hydrogen) atoms. The number of fused-ring (bicyclic) bond motifs is 1. The van der Waals surface area contributed by atoms with E-state index in [-0.39, 0.29) is 4.90 Å². The van der Waals surface area contributed by atoms with Crippen molar-refractivity contribution in [1.29, 1.82) is 0 Å². The number of piperazine rings is 1. The Labute approximate surface area is 165 Å². The highest BCUT2D eigenvalue weighted by atomic mass is 32.2. The molecule has 1 atom stereocenters. The molecule has 3 aliphatic heterocycles. The Morgan fingerprint density at radius 2 is 2.00 bits per heavy atom. The fraction of sp³-hybridized carbons (Fsp3) is 0.474. The number of hydrogen-bond donors (Lipinski definition) is 0. The minimum absolute atomic E-state index is 0.261. The summed E-state index contributed by atoms with van der Waals surface area (Å²) in [5.41, 5.74) is 0. The summed E-state index contributed by atoms with van der Waals surface area (Å²) in [6, 6.07) is 6.92. The number of rotatable bonds is 5. The van der Waals surface area contributed by atoms with Crippen LogP contribution in [0.2, 0.25) is 0 Å². The van der Waals surface area contributed by atoms with E-state index in [9.17, 15) is 8.42 Å². The molecule has 9 heteroatoms. The summed E-state index contributed by atoms with van der Waals surface area (Å²) in [7, 11) is -2.01. The lowest BCUT2D eigenvalue weighted by molar-refractivity contribution is 0.227. The summed E-state index contributed by atoms with van der Waals surface area (Å²) in [5.74, 6) is 2.34. The number of methoxy groups -OCH3 is 1. The third-order valence-electron chi connectivity index (χ3n) is 5.32. The van der Waals surface area contributed by atoms with Crippen molar-refractivity contribution in [2.24, 2.45) is 9.98 Å². The first-order valence-corrected chi connectivity index (χ1v) is 10.9. The monoisotopic (exact) mass is 403 g/mol. The van der Waals surface area contributed by atoms with Gasteiger partial charge in [-0.1, -0.05) is 13.0 Å². The molecule has 1 aromatic rings. The van der Waals surface area contributed by atoms with E-state index in [2.05, 4.69) is 21.7 Å². The first-order chi connectivity index (χ1) is 13.5. The van der Waals surface area contributed by atoms with Crippen molar-refractivity contribution in [3.05, 3.63) is 36.2 Å². The summed E-state index contributed by atoms with van der Waals surface area (Å²) in [5, 5.41) is 0. The van der Waals surface area contributed by atoms with Gasteiger partial charge in [-0.15, -0.1) is 0 Å². The standard InChI is InChI=1S/C19H25N5O3S/c1-3-15-13-23-14-20-18(12-19(23)21-15)22-7-9-24(10-8-22)28(25,26)17-6-4-5-16(11-17)27-2/h4-6,11-12,14-15H,3,7-10,13H2,1-2H3. The Morgan fingerprint density at radius 3 is 2.71 bits per heavy atom. The van der Waals surface area contributed by atoms with Crippen LogP contribution in [0.25, 0.3) is 0 Å². The van der Waals surface area contributed by atoms with Gasteiger partial charge in [0.05, 0.1) is 24.4 Å². The Morgan fingerprint density at radius 1 is 1.21 bits per heavy atom. The largest absolute Gasteiger partial charge is 0.497 e. The number of benzene rings is 1. The van der Waals surface area contributed by atoms with E-state index in [0.29, 0.717) is 38.0 Å². The van der Waals surface area contributed by atoms with Gasteiger partial charge in [0.2, 0.25) is 10.0 Å². The molecule has 0 radical (unpaired) electrons. The number of hydrogen-bond acceptors (Lipinski definition) is 7. The van der Waals surface area contributed by atoms with Crippen LogP contribution in [0, 0.1) is 0 Å². The predicted octanol–water partition coefficient (Wildman–Crippen LogP) is 1.38. The minimum atomic E-state index is -3.54. The zero-order chi connectivity index (χ0) is 19.7. The Balaban J connectivity index is 1.44. The Hall–Kier alpha value is -2.39. The number of amidine groups is 1. The molecule has 1 unspecified atom stereocenters. The SMILES string of the molecule is CCC1CN2C=NC(N3CCN(S(=O)(=O)c4cccc(OC)c4)CC3)=CC2=N1. The molecule has 0 aliphatic carbocycles. The topological polar surface area (TPSA) is 77.8 Å². The van der Waals surface area contributed by atoms with Gasteiger partial charge in [-0.25, -0.2) is 13.4 Å². The van der Waals surface area contributed by atoms with Gasteiger partial charge >= 0.3 is 0 Å². The third-order valence-corrected chi connectivity index (χ3v) is 7.21. The molecule has 1 aromatic carbocycles. The van der Waals surface area contributed by atoms with Crippen LogP contribution in [0.5, 0.6) is 5.75 Å². The molecule has 0 aromatic heterocycles. The van der Waals surface area contributed by atoms with Crippen LogP contribution in [0.15, 0.2) is 51.0 Å². The van der Waals surface area contributed by atoms with Gasteiger partial charge in [-0.3, -0.25) is 4.99 Å². The number of ether oxygens (including phenoxy) is 1. The molecule has 0 amide bonds. The predicted molar refractivity (Wildman–Crippen MR) is 108 cm³/mol. The van der Waals surface area contributed by atoms with Crippen molar-refractivity contribution in [3.8, 4) is 5.75 Å². The van der Waals surface area contributed by atoms with Crippen LogP contribution in [0.1, 0.15) is 13.3 Å². The Bertz CT molecular complexity index is 933. The second kappa shape index (κ2) is 7.56. The second-order valence-corrected chi connectivity index (χ2v) is 8.96. The van der Waals surface area contributed by atoms with Crippen molar-refractivity contribution >= 4 is 22.2 Å². The molecule has 1 fully saturated rings. The van der Waals surface area contributed by atoms with E-state index in [4.69, 9.17) is 9.73 Å². The summed E-state index contributed by atoms with van der Waals surface area (Å²) in [4.78, 5) is 13.7. The molecule has 0 saturated carbocycles. The first kappa shape index (κ1) is 18.9. The highest BCUT2D eigenvalue weighted by Gasteiger charge is 2.31. The lowest BCUT2D eigenvalue weighted by atomic mass is 10.2. The highest BCUT2D eigenvalue weighted by molar-refractivity contribution is 7.89. The van der Waals surface area contributed by atoms with Gasteiger partial charge in [-0.2, -0.15) is 4.31 Å². The van der Waals surface area contributed by atoms with E-state index < -0.39 is 10.0 Å². The molecule has 0 bridgehead atoms. The van der Waals surface area contributed by atoms with Crippen LogP contribution in [0.4, 0.5) is 0 Å². The van der Waals surface area contributed by atoms with Crippen LogP contribution in [-0.2, 0) is 10.0 Å². The van der Waals surface area contributed by atoms with E-state index in [1.54, 1.807) is 24.3 Å². The summed E-state index contributed by atoms with van der Waals surface area (Å²) in [6.45, 7) is 5.04. The minimum Gasteiger partial charge on any atom is -0.497 e. The van der Waals surface area contributed by atoms with Crippen LogP contribution in [-0.4, -0.2) is 80.6 Å². The molecule has 150 valence electrons. The van der Waals surface area contributed by atoms with Gasteiger partial charge in [0.25, 0.3) is 0 Å². The maximum atomic E-state index is 12.9. The average molecular weight is 404 g/mol. The molecular weight excluding hydrogens is 378 g/mol. The maximum Gasteiger partial charge on any atom is 0.243 e.